The van der Waals surface area contributed by atoms with Crippen LogP contribution in [0.4, 0.5) is 13.2 Å². The van der Waals surface area contributed by atoms with Crippen molar-refractivity contribution in [3.05, 3.63) is 52.3 Å². The lowest BCUT2D eigenvalue weighted by molar-refractivity contribution is -0.171. The van der Waals surface area contributed by atoms with Gasteiger partial charge in [0.1, 0.15) is 5.82 Å². The molecule has 3 aromatic rings. The molecule has 2 aromatic heterocycles. The van der Waals surface area contributed by atoms with Crippen molar-refractivity contribution in [1.29, 1.82) is 5.26 Å². The maximum atomic E-state index is 12.9. The molecule has 1 unspecified atom stereocenters. The van der Waals surface area contributed by atoms with E-state index in [9.17, 15) is 18.0 Å². The number of aromatic nitrogens is 4. The van der Waals surface area contributed by atoms with Gasteiger partial charge in [-0.05, 0) is 30.7 Å². The second kappa shape index (κ2) is 6.87. The van der Waals surface area contributed by atoms with Gasteiger partial charge in [-0.1, -0.05) is 6.92 Å². The molecule has 1 aromatic carbocycles. The van der Waals surface area contributed by atoms with E-state index in [0.29, 0.717) is 16.9 Å². The van der Waals surface area contributed by atoms with Crippen LogP contribution in [0.25, 0.3) is 16.9 Å². The quantitative estimate of drug-likeness (QED) is 0.702. The third kappa shape index (κ3) is 3.56. The van der Waals surface area contributed by atoms with Crippen LogP contribution >= 0.6 is 0 Å². The van der Waals surface area contributed by atoms with Crippen molar-refractivity contribution < 1.29 is 13.2 Å². The molecule has 0 radical (unpaired) electrons. The summed E-state index contributed by atoms with van der Waals surface area (Å²) in [7, 11) is 1.66. The van der Waals surface area contributed by atoms with Gasteiger partial charge >= 0.3 is 6.18 Å². The van der Waals surface area contributed by atoms with Gasteiger partial charge in [-0.2, -0.15) is 18.4 Å². The zero-order chi connectivity index (χ0) is 19.8. The topological polar surface area (TPSA) is 76.5 Å². The normalized spacial score (nSPS) is 12.9. The molecule has 0 aliphatic heterocycles. The Morgan fingerprint density at radius 2 is 1.93 bits per heavy atom. The van der Waals surface area contributed by atoms with E-state index in [4.69, 9.17) is 5.26 Å². The van der Waals surface area contributed by atoms with Crippen molar-refractivity contribution in [2.24, 2.45) is 13.0 Å². The zero-order valence-electron chi connectivity index (χ0n) is 14.7. The van der Waals surface area contributed by atoms with E-state index in [0.717, 1.165) is 6.92 Å². The van der Waals surface area contributed by atoms with Crippen LogP contribution in [-0.4, -0.2) is 25.3 Å². The van der Waals surface area contributed by atoms with Gasteiger partial charge in [-0.25, -0.2) is 9.97 Å². The molecule has 9 heteroatoms. The molecule has 0 aliphatic rings. The number of benzene rings is 1. The molecule has 0 spiro atoms. The van der Waals surface area contributed by atoms with Gasteiger partial charge in [0.15, 0.2) is 11.2 Å². The number of nitriles is 1. The molecule has 0 saturated carbocycles. The lowest BCUT2D eigenvalue weighted by Gasteiger charge is -2.17. The number of aryl methyl sites for hydroxylation is 2. The maximum absolute atomic E-state index is 12.9. The molecule has 0 N–H and O–H groups in total. The number of alkyl halides is 3. The van der Waals surface area contributed by atoms with Crippen LogP contribution in [0.1, 0.15) is 24.7 Å². The first-order valence-corrected chi connectivity index (χ1v) is 8.22. The summed E-state index contributed by atoms with van der Waals surface area (Å²) in [6.07, 6.45) is -3.10. The smallest absolute Gasteiger partial charge is 0.318 e. The van der Waals surface area contributed by atoms with Gasteiger partial charge < -0.3 is 4.57 Å². The molecule has 0 bridgehead atoms. The van der Waals surface area contributed by atoms with Crippen LogP contribution in [0, 0.1) is 17.2 Å². The van der Waals surface area contributed by atoms with E-state index in [1.807, 2.05) is 6.07 Å². The highest BCUT2D eigenvalue weighted by Gasteiger charge is 2.35. The summed E-state index contributed by atoms with van der Waals surface area (Å²) in [6, 6.07) is 8.17. The first-order chi connectivity index (χ1) is 12.7. The Kier molecular flexibility index (Phi) is 4.74. The van der Waals surface area contributed by atoms with Gasteiger partial charge in [0.2, 0.25) is 0 Å². The van der Waals surface area contributed by atoms with Crippen molar-refractivity contribution in [3.63, 3.8) is 0 Å². The van der Waals surface area contributed by atoms with Crippen LogP contribution in [-0.2, 0) is 13.5 Å². The molecule has 27 heavy (non-hydrogen) atoms. The van der Waals surface area contributed by atoms with Crippen LogP contribution < -0.4 is 5.56 Å². The summed E-state index contributed by atoms with van der Waals surface area (Å²) in [4.78, 5) is 21.4. The summed E-state index contributed by atoms with van der Waals surface area (Å²) in [6.45, 7) is 1.10. The Bertz CT molecular complexity index is 1070. The Labute approximate surface area is 152 Å². The van der Waals surface area contributed by atoms with Crippen LogP contribution in [0.3, 0.4) is 0 Å². The minimum Gasteiger partial charge on any atom is -0.318 e. The first-order valence-electron chi connectivity index (χ1n) is 8.22. The maximum Gasteiger partial charge on any atom is 0.391 e. The minimum atomic E-state index is -4.31. The summed E-state index contributed by atoms with van der Waals surface area (Å²) in [5.74, 6) is -1.30. The second-order valence-corrected chi connectivity index (χ2v) is 6.34. The minimum absolute atomic E-state index is 0.0307. The summed E-state index contributed by atoms with van der Waals surface area (Å²) in [5, 5.41) is 8.92. The van der Waals surface area contributed by atoms with E-state index in [-0.39, 0.29) is 24.2 Å². The molecular weight excluding hydrogens is 359 g/mol. The monoisotopic (exact) mass is 375 g/mol. The molecule has 0 fully saturated rings. The molecule has 0 amide bonds. The fourth-order valence-electron chi connectivity index (χ4n) is 2.73. The predicted molar refractivity (Wildman–Crippen MR) is 92.4 cm³/mol. The Hall–Kier alpha value is -3.15. The van der Waals surface area contributed by atoms with Crippen molar-refractivity contribution in [2.75, 3.05) is 0 Å². The SMILES string of the molecule is CC(CCc1nc2c(ncn2C)c(=O)n1-c1ccc(C#N)cc1)C(F)(F)F. The average Bonchev–Trinajstić information content (AvgIpc) is 3.00. The van der Waals surface area contributed by atoms with Crippen LogP contribution in [0.5, 0.6) is 0 Å². The molecule has 3 rings (SSSR count). The van der Waals surface area contributed by atoms with E-state index >= 15 is 0 Å². The number of fused-ring (bicyclic) bond motifs is 1. The fraction of sp³-hybridized carbons (Fsp3) is 0.333. The standard InChI is InChI=1S/C18H16F3N5O/c1-11(18(19,20)21)3-8-14-24-16-15(23-10-25(16)2)17(27)26(14)13-6-4-12(9-22)5-7-13/h4-7,10-11H,3,8H2,1-2H3. The van der Waals surface area contributed by atoms with Gasteiger partial charge in [0.25, 0.3) is 5.56 Å². The molecule has 2 heterocycles. The van der Waals surface area contributed by atoms with Gasteiger partial charge in [0.05, 0.1) is 29.6 Å². The highest BCUT2D eigenvalue weighted by Crippen LogP contribution is 2.29. The molecular formula is C18H16F3N5O. The molecule has 0 saturated heterocycles. The van der Waals surface area contributed by atoms with Crippen molar-refractivity contribution in [1.82, 2.24) is 19.1 Å². The number of imidazole rings is 1. The third-order valence-corrected chi connectivity index (χ3v) is 4.42. The molecule has 6 nitrogen and oxygen atoms in total. The van der Waals surface area contributed by atoms with E-state index < -0.39 is 17.7 Å². The van der Waals surface area contributed by atoms with Crippen molar-refractivity contribution >= 4 is 11.2 Å². The van der Waals surface area contributed by atoms with Crippen LogP contribution in [0.2, 0.25) is 0 Å². The lowest BCUT2D eigenvalue weighted by atomic mass is 10.0. The first kappa shape index (κ1) is 18.6. The number of rotatable bonds is 4. The number of nitrogens with zero attached hydrogens (tertiary/aromatic N) is 5. The molecule has 140 valence electrons. The Morgan fingerprint density at radius 1 is 1.26 bits per heavy atom. The number of hydrogen-bond acceptors (Lipinski definition) is 4. The fourth-order valence-corrected chi connectivity index (χ4v) is 2.73. The van der Waals surface area contributed by atoms with Crippen LogP contribution in [0.15, 0.2) is 35.4 Å². The van der Waals surface area contributed by atoms with Gasteiger partial charge in [-0.15, -0.1) is 0 Å². The highest BCUT2D eigenvalue weighted by molar-refractivity contribution is 5.70. The molecule has 0 aliphatic carbocycles. The Morgan fingerprint density at radius 3 is 2.52 bits per heavy atom. The zero-order valence-corrected chi connectivity index (χ0v) is 14.7. The summed E-state index contributed by atoms with van der Waals surface area (Å²) in [5.41, 5.74) is 0.827. The highest BCUT2D eigenvalue weighted by atomic mass is 19.4. The van der Waals surface area contributed by atoms with E-state index in [2.05, 4.69) is 9.97 Å². The average molecular weight is 375 g/mol. The third-order valence-electron chi connectivity index (χ3n) is 4.42. The number of hydrogen-bond donors (Lipinski definition) is 0. The van der Waals surface area contributed by atoms with Crippen molar-refractivity contribution in [3.8, 4) is 11.8 Å². The van der Waals surface area contributed by atoms with Gasteiger partial charge in [-0.3, -0.25) is 9.36 Å². The largest absolute Gasteiger partial charge is 0.391 e. The summed E-state index contributed by atoms with van der Waals surface area (Å²) < 4.78 is 41.4. The van der Waals surface area contributed by atoms with Gasteiger partial charge in [0, 0.05) is 13.5 Å². The Balaban J connectivity index is 2.13. The second-order valence-electron chi connectivity index (χ2n) is 6.34. The van der Waals surface area contributed by atoms with Crippen molar-refractivity contribution in [2.45, 2.75) is 25.9 Å². The predicted octanol–water partition coefficient (Wildman–Crippen LogP) is 3.12. The lowest BCUT2D eigenvalue weighted by Crippen LogP contribution is -2.26. The van der Waals surface area contributed by atoms with E-state index in [1.54, 1.807) is 23.7 Å². The number of halogens is 3. The summed E-state index contributed by atoms with van der Waals surface area (Å²) >= 11 is 0. The van der Waals surface area contributed by atoms with E-state index in [1.165, 1.54) is 23.0 Å². The molecule has 1 atom stereocenters.